The second-order valence-corrected chi connectivity index (χ2v) is 15.8. The van der Waals surface area contributed by atoms with Gasteiger partial charge < -0.3 is 47.7 Å². The molecule has 0 saturated carbocycles. The summed E-state index contributed by atoms with van der Waals surface area (Å²) in [5.41, 5.74) is 5.94. The molecule has 9 atom stereocenters. The van der Waals surface area contributed by atoms with Gasteiger partial charge in [-0.05, 0) is 33.4 Å². The van der Waals surface area contributed by atoms with Crippen LogP contribution < -0.4 is 0 Å². The molecule has 10 nitrogen and oxygen atoms in total. The van der Waals surface area contributed by atoms with Gasteiger partial charge in [0.25, 0.3) is 0 Å². The minimum absolute atomic E-state index is 0.0683. The van der Waals surface area contributed by atoms with Gasteiger partial charge in [-0.1, -0.05) is 182 Å². The molecule has 6 aromatic carbocycles. The van der Waals surface area contributed by atoms with Gasteiger partial charge in [0.15, 0.2) is 12.6 Å². The summed E-state index contributed by atoms with van der Waals surface area (Å²) in [5, 5.41) is 11.6. The quantitative estimate of drug-likeness (QED) is 0.0675. The predicted molar refractivity (Wildman–Crippen MR) is 237 cm³/mol. The summed E-state index contributed by atoms with van der Waals surface area (Å²) in [4.78, 5) is 0. The first-order valence-corrected chi connectivity index (χ1v) is 21.7. The van der Waals surface area contributed by atoms with E-state index in [1.807, 2.05) is 182 Å². The molecule has 0 radical (unpaired) electrons. The lowest BCUT2D eigenvalue weighted by Crippen LogP contribution is -2.48. The highest BCUT2D eigenvalue weighted by Crippen LogP contribution is 2.35. The van der Waals surface area contributed by atoms with Gasteiger partial charge in [0.2, 0.25) is 0 Å². The SMILES string of the molecule is O[C@@H]1O[C@@H]([C@H](COCc2ccccc2)O[C@H]2O[C@H](COCc3ccccc3)[C@@H](OCc3ccccc3)[C@@H]2OCc2ccccc2)[C@H](OCc2ccccc2)[C@H]1OCc1ccccc1. The fourth-order valence-corrected chi connectivity index (χ4v) is 7.83. The summed E-state index contributed by atoms with van der Waals surface area (Å²) >= 11 is 0. The zero-order valence-corrected chi connectivity index (χ0v) is 35.3. The van der Waals surface area contributed by atoms with E-state index in [-0.39, 0.29) is 33.0 Å². The highest BCUT2D eigenvalue weighted by Gasteiger charge is 2.53. The minimum atomic E-state index is -1.32. The van der Waals surface area contributed by atoms with Gasteiger partial charge in [-0.2, -0.15) is 0 Å². The van der Waals surface area contributed by atoms with E-state index < -0.39 is 55.3 Å². The molecule has 2 heterocycles. The van der Waals surface area contributed by atoms with Crippen molar-refractivity contribution in [3.63, 3.8) is 0 Å². The summed E-state index contributed by atoms with van der Waals surface area (Å²) in [7, 11) is 0. The number of hydrogen-bond donors (Lipinski definition) is 1. The van der Waals surface area contributed by atoms with Crippen molar-refractivity contribution in [2.45, 2.75) is 94.9 Å². The fourth-order valence-electron chi connectivity index (χ4n) is 7.83. The number of aliphatic hydroxyl groups is 1. The Kier molecular flexibility index (Phi) is 16.7. The van der Waals surface area contributed by atoms with E-state index in [1.54, 1.807) is 0 Å². The third-order valence-electron chi connectivity index (χ3n) is 11.1. The zero-order valence-electron chi connectivity index (χ0n) is 35.3. The molecule has 328 valence electrons. The highest BCUT2D eigenvalue weighted by atomic mass is 16.8. The molecule has 8 rings (SSSR count). The van der Waals surface area contributed by atoms with Gasteiger partial charge in [-0.25, -0.2) is 0 Å². The lowest BCUT2D eigenvalue weighted by atomic mass is 10.0. The Morgan fingerprint density at radius 1 is 0.397 bits per heavy atom. The standard InChI is InChI=1S/C53H56O10/c54-52-50(59-35-43-27-15-5-16-28-43)49(58-34-42-25-13-4-14-26-42)48(63-52)46(38-56-32-40-21-9-2-10-22-40)62-53-51(60-36-44-29-17-6-18-30-44)47(57-33-41-23-11-3-12-24-41)45(61-53)37-55-31-39-19-7-1-8-20-39/h1-30,45-54H,31-38H2/t45-,46+,47-,48+,49+,50-,51+,52-,53-/m1/s1. The van der Waals surface area contributed by atoms with Crippen LogP contribution in [0.2, 0.25) is 0 Å². The van der Waals surface area contributed by atoms with Crippen molar-refractivity contribution in [2.75, 3.05) is 13.2 Å². The van der Waals surface area contributed by atoms with Crippen molar-refractivity contribution in [1.82, 2.24) is 0 Å². The summed E-state index contributed by atoms with van der Waals surface area (Å²) in [5.74, 6) is 0. The maximum Gasteiger partial charge on any atom is 0.187 e. The fraction of sp³-hybridized carbons (Fsp3) is 0.321. The van der Waals surface area contributed by atoms with Crippen LogP contribution in [-0.4, -0.2) is 73.6 Å². The van der Waals surface area contributed by atoms with Gasteiger partial charge in [-0.3, -0.25) is 0 Å². The molecular formula is C53H56O10. The molecule has 0 unspecified atom stereocenters. The van der Waals surface area contributed by atoms with Crippen LogP contribution in [0.15, 0.2) is 182 Å². The molecule has 0 spiro atoms. The average Bonchev–Trinajstić information content (AvgIpc) is 3.84. The summed E-state index contributed by atoms with van der Waals surface area (Å²) in [6.07, 6.45) is -7.48. The van der Waals surface area contributed by atoms with E-state index in [2.05, 4.69) is 0 Å². The molecule has 2 aliphatic heterocycles. The average molecular weight is 853 g/mol. The summed E-state index contributed by atoms with van der Waals surface area (Å²) < 4.78 is 59.7. The zero-order chi connectivity index (χ0) is 42.9. The van der Waals surface area contributed by atoms with Crippen LogP contribution >= 0.6 is 0 Å². The van der Waals surface area contributed by atoms with Crippen molar-refractivity contribution in [1.29, 1.82) is 0 Å². The molecule has 0 aromatic heterocycles. The molecule has 1 N–H and O–H groups in total. The molecule has 0 amide bonds. The van der Waals surface area contributed by atoms with Crippen molar-refractivity contribution < 1.29 is 47.7 Å². The number of aliphatic hydroxyl groups excluding tert-OH is 1. The lowest BCUT2D eigenvalue weighted by molar-refractivity contribution is -0.247. The molecule has 2 aliphatic rings. The third kappa shape index (κ3) is 13.0. The maximum atomic E-state index is 11.6. The molecule has 2 fully saturated rings. The Morgan fingerprint density at radius 3 is 1.21 bits per heavy atom. The van der Waals surface area contributed by atoms with Gasteiger partial charge in [0.1, 0.15) is 42.7 Å². The Labute approximate surface area is 370 Å². The first kappa shape index (κ1) is 44.5. The monoisotopic (exact) mass is 852 g/mol. The van der Waals surface area contributed by atoms with E-state index in [1.165, 1.54) is 0 Å². The molecule has 0 bridgehead atoms. The van der Waals surface area contributed by atoms with Crippen LogP contribution in [0.1, 0.15) is 33.4 Å². The number of ether oxygens (including phenoxy) is 9. The predicted octanol–water partition coefficient (Wildman–Crippen LogP) is 8.59. The summed E-state index contributed by atoms with van der Waals surface area (Å²) in [6, 6.07) is 59.6. The van der Waals surface area contributed by atoms with Crippen LogP contribution in [0.3, 0.4) is 0 Å². The van der Waals surface area contributed by atoms with Gasteiger partial charge in [0, 0.05) is 0 Å². The van der Waals surface area contributed by atoms with Gasteiger partial charge in [0.05, 0.1) is 52.9 Å². The Bertz CT molecular complexity index is 2150. The minimum Gasteiger partial charge on any atom is -0.374 e. The lowest BCUT2D eigenvalue weighted by Gasteiger charge is -2.32. The molecule has 2 saturated heterocycles. The largest absolute Gasteiger partial charge is 0.374 e. The second-order valence-electron chi connectivity index (χ2n) is 15.8. The second kappa shape index (κ2) is 23.6. The van der Waals surface area contributed by atoms with E-state index >= 15 is 0 Å². The van der Waals surface area contributed by atoms with Crippen LogP contribution in [-0.2, 0) is 82.3 Å². The number of benzene rings is 6. The Morgan fingerprint density at radius 2 is 0.762 bits per heavy atom. The smallest absolute Gasteiger partial charge is 0.187 e. The summed E-state index contributed by atoms with van der Waals surface area (Å²) in [6.45, 7) is 2.08. The van der Waals surface area contributed by atoms with Crippen LogP contribution in [0, 0.1) is 0 Å². The molecule has 0 aliphatic carbocycles. The highest BCUT2D eigenvalue weighted by molar-refractivity contribution is 5.18. The van der Waals surface area contributed by atoms with Crippen molar-refractivity contribution in [3.05, 3.63) is 215 Å². The first-order chi connectivity index (χ1) is 31.2. The van der Waals surface area contributed by atoms with Crippen molar-refractivity contribution >= 4 is 0 Å². The van der Waals surface area contributed by atoms with Crippen molar-refractivity contribution in [3.8, 4) is 0 Å². The van der Waals surface area contributed by atoms with Crippen LogP contribution in [0.5, 0.6) is 0 Å². The molecular weight excluding hydrogens is 797 g/mol. The number of rotatable bonds is 23. The van der Waals surface area contributed by atoms with E-state index in [4.69, 9.17) is 42.6 Å². The molecule has 6 aromatic rings. The Balaban J connectivity index is 1.09. The van der Waals surface area contributed by atoms with E-state index in [9.17, 15) is 5.11 Å². The van der Waals surface area contributed by atoms with Crippen LogP contribution in [0.25, 0.3) is 0 Å². The van der Waals surface area contributed by atoms with Gasteiger partial charge in [-0.15, -0.1) is 0 Å². The number of hydrogen-bond acceptors (Lipinski definition) is 10. The third-order valence-corrected chi connectivity index (χ3v) is 11.1. The van der Waals surface area contributed by atoms with Crippen molar-refractivity contribution in [2.24, 2.45) is 0 Å². The first-order valence-electron chi connectivity index (χ1n) is 21.7. The molecule has 63 heavy (non-hydrogen) atoms. The van der Waals surface area contributed by atoms with Gasteiger partial charge >= 0.3 is 0 Å². The van der Waals surface area contributed by atoms with E-state index in [0.29, 0.717) is 19.8 Å². The molecule has 10 heteroatoms. The normalized spacial score (nSPS) is 23.8. The Hall–Kier alpha value is -5.08. The topological polar surface area (TPSA) is 103 Å². The van der Waals surface area contributed by atoms with E-state index in [0.717, 1.165) is 33.4 Å². The van der Waals surface area contributed by atoms with Crippen LogP contribution in [0.4, 0.5) is 0 Å². The maximum absolute atomic E-state index is 11.6.